The molecule has 1 fully saturated rings. The van der Waals surface area contributed by atoms with Crippen LogP contribution in [0.1, 0.15) is 44.2 Å². The molecule has 1 aromatic rings. The van der Waals surface area contributed by atoms with Crippen molar-refractivity contribution in [2.45, 2.75) is 51.9 Å². The number of halogens is 3. The van der Waals surface area contributed by atoms with Crippen LogP contribution in [0.2, 0.25) is 0 Å². The van der Waals surface area contributed by atoms with Gasteiger partial charge in [0.05, 0.1) is 5.56 Å². The Balaban J connectivity index is 2.05. The van der Waals surface area contributed by atoms with Crippen LogP contribution >= 0.6 is 0 Å². The average molecular weight is 299 g/mol. The van der Waals surface area contributed by atoms with Crippen molar-refractivity contribution in [2.24, 2.45) is 5.92 Å². The lowest BCUT2D eigenvalue weighted by atomic mass is 10.1. The summed E-state index contributed by atoms with van der Waals surface area (Å²) >= 11 is 0. The van der Waals surface area contributed by atoms with Gasteiger partial charge in [-0.3, -0.25) is 4.79 Å². The van der Waals surface area contributed by atoms with E-state index in [4.69, 9.17) is 0 Å². The van der Waals surface area contributed by atoms with Crippen LogP contribution in [0.5, 0.6) is 0 Å². The van der Waals surface area contributed by atoms with Crippen molar-refractivity contribution in [3.8, 4) is 0 Å². The van der Waals surface area contributed by atoms with Gasteiger partial charge in [0.1, 0.15) is 0 Å². The summed E-state index contributed by atoms with van der Waals surface area (Å²) in [6.45, 7) is 4.37. The molecule has 0 aliphatic heterocycles. The lowest BCUT2D eigenvalue weighted by Crippen LogP contribution is -2.33. The van der Waals surface area contributed by atoms with Crippen molar-refractivity contribution in [2.75, 3.05) is 0 Å². The Hall–Kier alpha value is -1.52. The van der Waals surface area contributed by atoms with E-state index in [1.165, 1.54) is 12.1 Å². The zero-order chi connectivity index (χ0) is 15.6. The summed E-state index contributed by atoms with van der Waals surface area (Å²) in [5.74, 6) is 0.374. The van der Waals surface area contributed by atoms with Gasteiger partial charge in [0.25, 0.3) is 0 Å². The fourth-order valence-corrected chi connectivity index (χ4v) is 2.27. The number of hydrogen-bond donors (Lipinski definition) is 0. The standard InChI is InChI=1S/C16H20F3NO/c1-11(2)9-15(21)20(14-7-8-14)10-12-3-5-13(6-4-12)16(17,18)19/h3-6,11,14H,7-10H2,1-2H3. The molecular formula is C16H20F3NO. The summed E-state index contributed by atoms with van der Waals surface area (Å²) in [5, 5.41) is 0. The van der Waals surface area contributed by atoms with Crippen LogP contribution in [0, 0.1) is 5.92 Å². The second-order valence-electron chi connectivity index (χ2n) is 6.05. The van der Waals surface area contributed by atoms with Crippen LogP contribution in [0.15, 0.2) is 24.3 Å². The summed E-state index contributed by atoms with van der Waals surface area (Å²) in [5.41, 5.74) is 0.0877. The van der Waals surface area contributed by atoms with Gasteiger partial charge in [-0.25, -0.2) is 0 Å². The molecule has 21 heavy (non-hydrogen) atoms. The molecule has 5 heteroatoms. The molecular weight excluding hydrogens is 279 g/mol. The summed E-state index contributed by atoms with van der Waals surface area (Å²) in [4.78, 5) is 14.0. The Morgan fingerprint density at radius 1 is 1.24 bits per heavy atom. The molecule has 0 unspecified atom stereocenters. The molecule has 0 atom stereocenters. The summed E-state index contributed by atoms with van der Waals surface area (Å²) in [7, 11) is 0. The van der Waals surface area contributed by atoms with Crippen LogP contribution in [-0.4, -0.2) is 16.8 Å². The topological polar surface area (TPSA) is 20.3 Å². The van der Waals surface area contributed by atoms with E-state index in [9.17, 15) is 18.0 Å². The van der Waals surface area contributed by atoms with E-state index in [0.717, 1.165) is 30.5 Å². The molecule has 1 saturated carbocycles. The Kier molecular flexibility index (Phi) is 4.59. The molecule has 1 aliphatic carbocycles. The number of carbonyl (C=O) groups is 1. The monoisotopic (exact) mass is 299 g/mol. The molecule has 0 heterocycles. The SMILES string of the molecule is CC(C)CC(=O)N(Cc1ccc(C(F)(F)F)cc1)C1CC1. The van der Waals surface area contributed by atoms with Gasteiger partial charge in [0.2, 0.25) is 5.91 Å². The smallest absolute Gasteiger partial charge is 0.335 e. The predicted molar refractivity (Wildman–Crippen MR) is 74.5 cm³/mol. The minimum atomic E-state index is -4.32. The average Bonchev–Trinajstić information content (AvgIpc) is 3.18. The summed E-state index contributed by atoms with van der Waals surface area (Å²) in [6.07, 6.45) is -1.85. The first-order valence-corrected chi connectivity index (χ1v) is 7.23. The molecule has 2 rings (SSSR count). The van der Waals surface area contributed by atoms with Gasteiger partial charge in [-0.05, 0) is 36.5 Å². The molecule has 0 spiro atoms. The number of hydrogen-bond acceptors (Lipinski definition) is 1. The van der Waals surface area contributed by atoms with Gasteiger partial charge in [-0.15, -0.1) is 0 Å². The molecule has 1 aliphatic rings. The largest absolute Gasteiger partial charge is 0.416 e. The van der Waals surface area contributed by atoms with Crippen molar-refractivity contribution in [3.05, 3.63) is 35.4 Å². The second kappa shape index (κ2) is 6.08. The van der Waals surface area contributed by atoms with Gasteiger partial charge in [0, 0.05) is 19.0 Å². The highest BCUT2D eigenvalue weighted by Crippen LogP contribution is 2.31. The maximum absolute atomic E-state index is 12.5. The minimum Gasteiger partial charge on any atom is -0.335 e. The highest BCUT2D eigenvalue weighted by Gasteiger charge is 2.33. The van der Waals surface area contributed by atoms with Crippen molar-refractivity contribution >= 4 is 5.91 Å². The number of alkyl halides is 3. The molecule has 1 amide bonds. The van der Waals surface area contributed by atoms with E-state index in [1.54, 1.807) is 0 Å². The van der Waals surface area contributed by atoms with Crippen molar-refractivity contribution < 1.29 is 18.0 Å². The maximum atomic E-state index is 12.5. The lowest BCUT2D eigenvalue weighted by Gasteiger charge is -2.23. The first-order valence-electron chi connectivity index (χ1n) is 7.23. The molecule has 0 bridgehead atoms. The zero-order valence-electron chi connectivity index (χ0n) is 12.3. The van der Waals surface area contributed by atoms with Gasteiger partial charge in [0.15, 0.2) is 0 Å². The van der Waals surface area contributed by atoms with Crippen LogP contribution in [0.25, 0.3) is 0 Å². The number of benzene rings is 1. The quantitative estimate of drug-likeness (QED) is 0.796. The highest BCUT2D eigenvalue weighted by atomic mass is 19.4. The second-order valence-corrected chi connectivity index (χ2v) is 6.05. The van der Waals surface area contributed by atoms with Crippen molar-refractivity contribution in [3.63, 3.8) is 0 Å². The van der Waals surface area contributed by atoms with Gasteiger partial charge < -0.3 is 4.90 Å². The lowest BCUT2D eigenvalue weighted by molar-refractivity contribution is -0.137. The number of nitrogens with zero attached hydrogens (tertiary/aromatic N) is 1. The van der Waals surface area contributed by atoms with Crippen molar-refractivity contribution in [1.29, 1.82) is 0 Å². The molecule has 0 radical (unpaired) electrons. The molecule has 1 aromatic carbocycles. The van der Waals surface area contributed by atoms with Gasteiger partial charge in [-0.1, -0.05) is 26.0 Å². The van der Waals surface area contributed by atoms with E-state index >= 15 is 0 Å². The fraction of sp³-hybridized carbons (Fsp3) is 0.562. The van der Waals surface area contributed by atoms with E-state index in [0.29, 0.717) is 13.0 Å². The van der Waals surface area contributed by atoms with Crippen LogP contribution < -0.4 is 0 Å². The van der Waals surface area contributed by atoms with E-state index in [2.05, 4.69) is 0 Å². The Morgan fingerprint density at radius 3 is 2.24 bits per heavy atom. The highest BCUT2D eigenvalue weighted by molar-refractivity contribution is 5.77. The molecule has 0 aromatic heterocycles. The fourth-order valence-electron chi connectivity index (χ4n) is 2.27. The van der Waals surface area contributed by atoms with Crippen LogP contribution in [0.4, 0.5) is 13.2 Å². The zero-order valence-corrected chi connectivity index (χ0v) is 12.3. The summed E-state index contributed by atoms with van der Waals surface area (Å²) < 4.78 is 37.6. The first-order chi connectivity index (χ1) is 9.77. The number of rotatable bonds is 5. The predicted octanol–water partition coefficient (Wildman–Crippen LogP) is 4.24. The third kappa shape index (κ3) is 4.48. The molecule has 0 N–H and O–H groups in total. The van der Waals surface area contributed by atoms with Crippen LogP contribution in [0.3, 0.4) is 0 Å². The third-order valence-electron chi connectivity index (χ3n) is 3.53. The Labute approximate surface area is 122 Å². The molecule has 2 nitrogen and oxygen atoms in total. The number of carbonyl (C=O) groups excluding carboxylic acids is 1. The summed E-state index contributed by atoms with van der Waals surface area (Å²) in [6, 6.07) is 5.33. The first kappa shape index (κ1) is 15.9. The molecule has 116 valence electrons. The Morgan fingerprint density at radius 2 is 1.81 bits per heavy atom. The van der Waals surface area contributed by atoms with E-state index in [-0.39, 0.29) is 17.9 Å². The van der Waals surface area contributed by atoms with E-state index in [1.807, 2.05) is 18.7 Å². The van der Waals surface area contributed by atoms with Gasteiger partial charge in [-0.2, -0.15) is 13.2 Å². The minimum absolute atomic E-state index is 0.0902. The van der Waals surface area contributed by atoms with Crippen molar-refractivity contribution in [1.82, 2.24) is 4.90 Å². The third-order valence-corrected chi connectivity index (χ3v) is 3.53. The van der Waals surface area contributed by atoms with E-state index < -0.39 is 11.7 Å². The number of amides is 1. The van der Waals surface area contributed by atoms with Gasteiger partial charge >= 0.3 is 6.18 Å². The normalized spacial score (nSPS) is 15.3. The van der Waals surface area contributed by atoms with Crippen LogP contribution in [-0.2, 0) is 17.5 Å². The maximum Gasteiger partial charge on any atom is 0.416 e. The molecule has 0 saturated heterocycles. The Bertz CT molecular complexity index is 489.